The fraction of sp³-hybridized carbons (Fsp3) is 0.385. The monoisotopic (exact) mass is 266 g/mol. The first-order chi connectivity index (χ1) is 8.40. The molecule has 18 heavy (non-hydrogen) atoms. The highest BCUT2D eigenvalue weighted by molar-refractivity contribution is 7.80. The van der Waals surface area contributed by atoms with Gasteiger partial charge in [-0.3, -0.25) is 4.90 Å². The smallest absolute Gasteiger partial charge is 0.335 e. The third kappa shape index (κ3) is 4.43. The van der Waals surface area contributed by atoms with Gasteiger partial charge in [0, 0.05) is 19.1 Å². The molecular formula is C13H18N2O2S. The Hall–Kier alpha value is -1.46. The lowest BCUT2D eigenvalue weighted by Gasteiger charge is -2.25. The van der Waals surface area contributed by atoms with Gasteiger partial charge in [0.15, 0.2) is 0 Å². The average Bonchev–Trinajstić information content (AvgIpc) is 2.28. The number of carbonyl (C=O) groups is 1. The molecule has 0 atom stereocenters. The van der Waals surface area contributed by atoms with E-state index in [1.807, 2.05) is 12.1 Å². The topological polar surface area (TPSA) is 66.6 Å². The van der Waals surface area contributed by atoms with Crippen LogP contribution in [0, 0.1) is 0 Å². The summed E-state index contributed by atoms with van der Waals surface area (Å²) in [6.45, 7) is 5.41. The SMILES string of the molecule is CC(C)N(CC(N)=S)Cc1ccc(C(=O)O)cc1. The second-order valence-electron chi connectivity index (χ2n) is 4.47. The van der Waals surface area contributed by atoms with Gasteiger partial charge in [-0.1, -0.05) is 24.4 Å². The van der Waals surface area contributed by atoms with Crippen LogP contribution in [0.15, 0.2) is 24.3 Å². The number of thiocarbonyl (C=S) groups is 1. The van der Waals surface area contributed by atoms with Crippen LogP contribution in [0.2, 0.25) is 0 Å². The Morgan fingerprint density at radius 1 is 1.39 bits per heavy atom. The van der Waals surface area contributed by atoms with Gasteiger partial charge in [0.05, 0.1) is 10.6 Å². The summed E-state index contributed by atoms with van der Waals surface area (Å²) in [5.74, 6) is -0.912. The zero-order valence-electron chi connectivity index (χ0n) is 10.6. The highest BCUT2D eigenvalue weighted by Gasteiger charge is 2.11. The van der Waals surface area contributed by atoms with Crippen molar-refractivity contribution < 1.29 is 9.90 Å². The first-order valence-electron chi connectivity index (χ1n) is 5.74. The van der Waals surface area contributed by atoms with E-state index in [1.165, 1.54) is 0 Å². The minimum atomic E-state index is -0.912. The number of aromatic carboxylic acids is 1. The number of hydrogen-bond acceptors (Lipinski definition) is 3. The largest absolute Gasteiger partial charge is 0.478 e. The Morgan fingerprint density at radius 3 is 2.33 bits per heavy atom. The number of hydrogen-bond donors (Lipinski definition) is 2. The van der Waals surface area contributed by atoms with Crippen molar-refractivity contribution in [2.45, 2.75) is 26.4 Å². The molecule has 0 radical (unpaired) electrons. The van der Waals surface area contributed by atoms with E-state index in [2.05, 4.69) is 18.7 Å². The summed E-state index contributed by atoms with van der Waals surface area (Å²) in [6.07, 6.45) is 0. The first-order valence-corrected chi connectivity index (χ1v) is 6.15. The zero-order valence-corrected chi connectivity index (χ0v) is 11.4. The van der Waals surface area contributed by atoms with Crippen molar-refractivity contribution in [1.82, 2.24) is 4.90 Å². The number of nitrogens with two attached hydrogens (primary N) is 1. The van der Waals surface area contributed by atoms with Crippen LogP contribution in [0.3, 0.4) is 0 Å². The van der Waals surface area contributed by atoms with Crippen LogP contribution in [0.5, 0.6) is 0 Å². The molecule has 0 bridgehead atoms. The third-order valence-electron chi connectivity index (χ3n) is 2.68. The van der Waals surface area contributed by atoms with Crippen LogP contribution in [0.25, 0.3) is 0 Å². The lowest BCUT2D eigenvalue weighted by Crippen LogP contribution is -2.37. The van der Waals surface area contributed by atoms with Crippen LogP contribution >= 0.6 is 12.2 Å². The zero-order chi connectivity index (χ0) is 13.7. The second kappa shape index (κ2) is 6.47. The molecule has 1 rings (SSSR count). The summed E-state index contributed by atoms with van der Waals surface area (Å²) < 4.78 is 0. The predicted octanol–water partition coefficient (Wildman–Crippen LogP) is 1.88. The number of benzene rings is 1. The molecule has 0 heterocycles. The van der Waals surface area contributed by atoms with Crippen molar-refractivity contribution >= 4 is 23.2 Å². The van der Waals surface area contributed by atoms with Crippen molar-refractivity contribution in [1.29, 1.82) is 0 Å². The molecule has 0 saturated heterocycles. The highest BCUT2D eigenvalue weighted by atomic mass is 32.1. The van der Waals surface area contributed by atoms with Crippen LogP contribution in [0.1, 0.15) is 29.8 Å². The Bertz CT molecular complexity index is 429. The Morgan fingerprint density at radius 2 is 1.94 bits per heavy atom. The van der Waals surface area contributed by atoms with Crippen molar-refractivity contribution in [2.24, 2.45) is 5.73 Å². The second-order valence-corrected chi connectivity index (χ2v) is 4.99. The normalized spacial score (nSPS) is 10.9. The summed E-state index contributed by atoms with van der Waals surface area (Å²) in [5, 5.41) is 8.82. The van der Waals surface area contributed by atoms with Crippen molar-refractivity contribution in [3.8, 4) is 0 Å². The van der Waals surface area contributed by atoms with Crippen LogP contribution in [-0.4, -0.2) is 33.6 Å². The van der Waals surface area contributed by atoms with Gasteiger partial charge in [0.1, 0.15) is 0 Å². The molecule has 0 fully saturated rings. The van der Waals surface area contributed by atoms with E-state index in [1.54, 1.807) is 12.1 Å². The minimum Gasteiger partial charge on any atom is -0.478 e. The summed E-state index contributed by atoms with van der Waals surface area (Å²) in [4.78, 5) is 13.3. The summed E-state index contributed by atoms with van der Waals surface area (Å²) in [6, 6.07) is 7.18. The van der Waals surface area contributed by atoms with Crippen LogP contribution in [-0.2, 0) is 6.54 Å². The molecular weight excluding hydrogens is 248 g/mol. The number of rotatable bonds is 6. The molecule has 1 aromatic carbocycles. The van der Waals surface area contributed by atoms with E-state index in [0.717, 1.165) is 5.56 Å². The van der Waals surface area contributed by atoms with Gasteiger partial charge in [-0.05, 0) is 31.5 Å². The molecule has 98 valence electrons. The first kappa shape index (κ1) is 14.6. The molecule has 0 aromatic heterocycles. The van der Waals surface area contributed by atoms with Gasteiger partial charge >= 0.3 is 5.97 Å². The van der Waals surface area contributed by atoms with E-state index < -0.39 is 5.97 Å². The molecule has 0 aliphatic heterocycles. The van der Waals surface area contributed by atoms with Crippen molar-refractivity contribution in [3.63, 3.8) is 0 Å². The lowest BCUT2D eigenvalue weighted by molar-refractivity contribution is 0.0697. The predicted molar refractivity (Wildman–Crippen MR) is 75.7 cm³/mol. The number of carboxylic acids is 1. The van der Waals surface area contributed by atoms with Gasteiger partial charge in [0.2, 0.25) is 0 Å². The summed E-state index contributed by atoms with van der Waals surface area (Å²) in [5.41, 5.74) is 6.90. The molecule has 0 amide bonds. The molecule has 0 aliphatic carbocycles. The van der Waals surface area contributed by atoms with E-state index in [0.29, 0.717) is 29.7 Å². The summed E-state index contributed by atoms with van der Waals surface area (Å²) in [7, 11) is 0. The van der Waals surface area contributed by atoms with Gasteiger partial charge in [-0.25, -0.2) is 4.79 Å². The van der Waals surface area contributed by atoms with Crippen molar-refractivity contribution in [3.05, 3.63) is 35.4 Å². The standard InChI is InChI=1S/C13H18N2O2S/c1-9(2)15(8-12(14)18)7-10-3-5-11(6-4-10)13(16)17/h3-6,9H,7-8H2,1-2H3,(H2,14,18)(H,16,17). The maximum atomic E-state index is 10.7. The van der Waals surface area contributed by atoms with E-state index in [4.69, 9.17) is 23.1 Å². The van der Waals surface area contributed by atoms with Gasteiger partial charge in [-0.15, -0.1) is 0 Å². The number of nitrogens with zero attached hydrogens (tertiary/aromatic N) is 1. The Kier molecular flexibility index (Phi) is 5.25. The van der Waals surface area contributed by atoms with E-state index in [-0.39, 0.29) is 0 Å². The average molecular weight is 266 g/mol. The molecule has 3 N–H and O–H groups in total. The maximum Gasteiger partial charge on any atom is 0.335 e. The van der Waals surface area contributed by atoms with Crippen LogP contribution < -0.4 is 5.73 Å². The summed E-state index contributed by atoms with van der Waals surface area (Å²) >= 11 is 4.92. The van der Waals surface area contributed by atoms with Gasteiger partial charge in [0.25, 0.3) is 0 Å². The molecule has 0 spiro atoms. The Balaban J connectivity index is 2.74. The van der Waals surface area contributed by atoms with E-state index >= 15 is 0 Å². The molecule has 1 aromatic rings. The van der Waals surface area contributed by atoms with E-state index in [9.17, 15) is 4.79 Å². The Labute approximate surface area is 112 Å². The minimum absolute atomic E-state index is 0.296. The molecule has 0 aliphatic rings. The third-order valence-corrected chi connectivity index (χ3v) is 2.80. The fourth-order valence-electron chi connectivity index (χ4n) is 1.61. The molecule has 4 nitrogen and oxygen atoms in total. The van der Waals surface area contributed by atoms with Crippen molar-refractivity contribution in [2.75, 3.05) is 6.54 Å². The van der Waals surface area contributed by atoms with Crippen LogP contribution in [0.4, 0.5) is 0 Å². The molecule has 0 saturated carbocycles. The number of carboxylic acid groups (broad SMARTS) is 1. The van der Waals surface area contributed by atoms with Gasteiger partial charge < -0.3 is 10.8 Å². The maximum absolute atomic E-state index is 10.7. The van der Waals surface area contributed by atoms with Gasteiger partial charge in [-0.2, -0.15) is 0 Å². The lowest BCUT2D eigenvalue weighted by atomic mass is 10.1. The quantitative estimate of drug-likeness (QED) is 0.770. The molecule has 0 unspecified atom stereocenters. The molecule has 5 heteroatoms. The highest BCUT2D eigenvalue weighted by Crippen LogP contribution is 2.10. The fourth-order valence-corrected chi connectivity index (χ4v) is 1.77.